The average molecular weight is 312 g/mol. The lowest BCUT2D eigenvalue weighted by molar-refractivity contribution is 0.0208. The Kier molecular flexibility index (Phi) is 13.0. The number of ether oxygens (including phenoxy) is 3. The van der Waals surface area contributed by atoms with Gasteiger partial charge in [0.25, 0.3) is 0 Å². The third kappa shape index (κ3) is 14.3. The molecule has 5 heteroatoms. The number of hydrogen-bond donors (Lipinski definition) is 0. The number of rotatable bonds is 12. The first-order chi connectivity index (χ1) is 8.16. The van der Waals surface area contributed by atoms with Gasteiger partial charge in [-0.2, -0.15) is 0 Å². The van der Waals surface area contributed by atoms with Gasteiger partial charge >= 0.3 is 0 Å². The van der Waals surface area contributed by atoms with Gasteiger partial charge in [-0.1, -0.05) is 22.9 Å². The molecule has 0 saturated heterocycles. The number of alkyl halides is 1. The van der Waals surface area contributed by atoms with E-state index in [9.17, 15) is 0 Å². The van der Waals surface area contributed by atoms with Gasteiger partial charge in [0.1, 0.15) is 0 Å². The minimum absolute atomic E-state index is 0.583. The molecule has 0 amide bonds. The molecular weight excluding hydrogens is 286 g/mol. The Morgan fingerprint density at radius 1 is 1.00 bits per heavy atom. The van der Waals surface area contributed by atoms with E-state index in [4.69, 9.17) is 14.2 Å². The van der Waals surface area contributed by atoms with Crippen molar-refractivity contribution in [2.45, 2.75) is 18.2 Å². The predicted molar refractivity (Wildman–Crippen MR) is 74.0 cm³/mol. The third-order valence-corrected chi connectivity index (χ3v) is 2.79. The van der Waals surface area contributed by atoms with Crippen LogP contribution in [0.4, 0.5) is 0 Å². The summed E-state index contributed by atoms with van der Waals surface area (Å²) < 4.78 is 15.6. The van der Waals surface area contributed by atoms with E-state index >= 15 is 0 Å². The summed E-state index contributed by atoms with van der Waals surface area (Å²) in [7, 11) is 3.79. The van der Waals surface area contributed by atoms with Crippen molar-refractivity contribution in [3.63, 3.8) is 0 Å². The molecule has 17 heavy (non-hydrogen) atoms. The van der Waals surface area contributed by atoms with Crippen LogP contribution in [-0.4, -0.2) is 70.0 Å². The normalized spacial score (nSPS) is 13.2. The molecular formula is C12H26BrNO3. The highest BCUT2D eigenvalue weighted by molar-refractivity contribution is 9.09. The van der Waals surface area contributed by atoms with Crippen molar-refractivity contribution in [2.75, 3.05) is 60.3 Å². The zero-order chi connectivity index (χ0) is 12.9. The second-order valence-electron chi connectivity index (χ2n) is 4.09. The van der Waals surface area contributed by atoms with E-state index in [0.717, 1.165) is 26.1 Å². The highest BCUT2D eigenvalue weighted by Gasteiger charge is 2.01. The quantitative estimate of drug-likeness (QED) is 0.406. The Labute approximate surface area is 114 Å². The van der Waals surface area contributed by atoms with Crippen LogP contribution in [0.15, 0.2) is 0 Å². The monoisotopic (exact) mass is 311 g/mol. The van der Waals surface area contributed by atoms with Crippen LogP contribution in [0, 0.1) is 0 Å². The Morgan fingerprint density at radius 3 is 2.18 bits per heavy atom. The van der Waals surface area contributed by atoms with E-state index in [1.165, 1.54) is 0 Å². The highest BCUT2D eigenvalue weighted by Crippen LogP contribution is 2.03. The molecule has 4 nitrogen and oxygen atoms in total. The molecule has 1 atom stereocenters. The number of methoxy groups -OCH3 is 1. The zero-order valence-electron chi connectivity index (χ0n) is 11.3. The zero-order valence-corrected chi connectivity index (χ0v) is 12.9. The van der Waals surface area contributed by atoms with Crippen molar-refractivity contribution in [3.05, 3.63) is 0 Å². The van der Waals surface area contributed by atoms with Gasteiger partial charge < -0.3 is 19.1 Å². The molecule has 0 aliphatic rings. The molecule has 0 spiro atoms. The van der Waals surface area contributed by atoms with Gasteiger partial charge in [0.15, 0.2) is 0 Å². The van der Waals surface area contributed by atoms with Crippen molar-refractivity contribution in [1.82, 2.24) is 4.90 Å². The lowest BCUT2D eigenvalue weighted by Crippen LogP contribution is -2.26. The molecule has 0 aromatic rings. The molecule has 1 unspecified atom stereocenters. The molecule has 0 aromatic carbocycles. The smallest absolute Gasteiger partial charge is 0.0701 e. The van der Waals surface area contributed by atoms with Gasteiger partial charge in [-0.3, -0.25) is 0 Å². The van der Waals surface area contributed by atoms with Crippen LogP contribution in [0.1, 0.15) is 13.3 Å². The maximum Gasteiger partial charge on any atom is 0.0701 e. The van der Waals surface area contributed by atoms with E-state index in [2.05, 4.69) is 34.8 Å². The molecule has 0 heterocycles. The second kappa shape index (κ2) is 12.8. The molecule has 104 valence electrons. The second-order valence-corrected chi connectivity index (χ2v) is 5.65. The van der Waals surface area contributed by atoms with Gasteiger partial charge in [-0.05, 0) is 20.0 Å². The van der Waals surface area contributed by atoms with E-state index in [-0.39, 0.29) is 0 Å². The fourth-order valence-electron chi connectivity index (χ4n) is 1.19. The van der Waals surface area contributed by atoms with Crippen LogP contribution in [0.5, 0.6) is 0 Å². The summed E-state index contributed by atoms with van der Waals surface area (Å²) in [4.78, 5) is 2.86. The van der Waals surface area contributed by atoms with Crippen LogP contribution >= 0.6 is 15.9 Å². The molecule has 0 rings (SSSR count). The van der Waals surface area contributed by atoms with Gasteiger partial charge in [-0.15, -0.1) is 0 Å². The summed E-state index contributed by atoms with van der Waals surface area (Å²) in [5.74, 6) is 0. The maximum atomic E-state index is 5.47. The van der Waals surface area contributed by atoms with Crippen molar-refractivity contribution < 1.29 is 14.2 Å². The Balaban J connectivity index is 3.11. The van der Waals surface area contributed by atoms with Crippen molar-refractivity contribution in [1.29, 1.82) is 0 Å². The van der Waals surface area contributed by atoms with Crippen molar-refractivity contribution >= 4 is 15.9 Å². The van der Waals surface area contributed by atoms with E-state index in [1.54, 1.807) is 7.11 Å². The van der Waals surface area contributed by atoms with Gasteiger partial charge in [0.2, 0.25) is 0 Å². The number of hydrogen-bond acceptors (Lipinski definition) is 4. The fraction of sp³-hybridized carbons (Fsp3) is 1.00. The summed E-state index contributed by atoms with van der Waals surface area (Å²) in [5.41, 5.74) is 0. The topological polar surface area (TPSA) is 30.9 Å². The minimum atomic E-state index is 0.583. The van der Waals surface area contributed by atoms with Crippen LogP contribution in [0.2, 0.25) is 0 Å². The largest absolute Gasteiger partial charge is 0.382 e. The number of halogens is 1. The molecule has 0 fully saturated rings. The average Bonchev–Trinajstić information content (AvgIpc) is 2.30. The van der Waals surface area contributed by atoms with E-state index in [0.29, 0.717) is 31.3 Å². The summed E-state index contributed by atoms with van der Waals surface area (Å²) in [5, 5.41) is 0. The summed E-state index contributed by atoms with van der Waals surface area (Å²) in [6.07, 6.45) is 1.16. The maximum absolute atomic E-state index is 5.47. The molecule has 0 aromatic heterocycles. The van der Waals surface area contributed by atoms with Crippen LogP contribution < -0.4 is 0 Å². The first kappa shape index (κ1) is 17.3. The van der Waals surface area contributed by atoms with Crippen molar-refractivity contribution in [2.24, 2.45) is 0 Å². The third-order valence-electron chi connectivity index (χ3n) is 2.33. The molecule has 0 bridgehead atoms. The van der Waals surface area contributed by atoms with Crippen molar-refractivity contribution in [3.8, 4) is 0 Å². The number of nitrogens with zero attached hydrogens (tertiary/aromatic N) is 1. The lowest BCUT2D eigenvalue weighted by Gasteiger charge is -2.17. The van der Waals surface area contributed by atoms with E-state index in [1.807, 2.05) is 0 Å². The minimum Gasteiger partial charge on any atom is -0.382 e. The lowest BCUT2D eigenvalue weighted by atomic mass is 10.3. The Hall–Kier alpha value is 0.320. The SMILES string of the molecule is COCCOCCOCCN(C)CCC(C)Br. The first-order valence-corrected chi connectivity index (χ1v) is 7.05. The van der Waals surface area contributed by atoms with Crippen LogP contribution in [-0.2, 0) is 14.2 Å². The van der Waals surface area contributed by atoms with Gasteiger partial charge in [-0.25, -0.2) is 0 Å². The van der Waals surface area contributed by atoms with Crippen LogP contribution in [0.25, 0.3) is 0 Å². The Morgan fingerprint density at radius 2 is 1.59 bits per heavy atom. The molecule has 0 aliphatic heterocycles. The molecule has 0 radical (unpaired) electrons. The molecule has 0 saturated carbocycles. The van der Waals surface area contributed by atoms with Gasteiger partial charge in [0, 0.05) is 18.5 Å². The summed E-state index contributed by atoms with van der Waals surface area (Å²) in [6.45, 7) is 7.59. The summed E-state index contributed by atoms with van der Waals surface area (Å²) in [6, 6.07) is 0. The predicted octanol–water partition coefficient (Wildman–Crippen LogP) is 1.77. The van der Waals surface area contributed by atoms with E-state index < -0.39 is 0 Å². The standard InChI is InChI=1S/C12H26BrNO3/c1-12(13)4-5-14(2)6-7-16-10-11-17-9-8-15-3/h12H,4-11H2,1-3H3. The summed E-state index contributed by atoms with van der Waals surface area (Å²) >= 11 is 3.54. The van der Waals surface area contributed by atoms with Crippen LogP contribution in [0.3, 0.4) is 0 Å². The Bertz CT molecular complexity index is 159. The molecule has 0 aliphatic carbocycles. The molecule has 0 N–H and O–H groups in total. The first-order valence-electron chi connectivity index (χ1n) is 6.14. The number of likely N-dealkylation sites (N-methyl/N-ethyl adjacent to an activating group) is 1. The highest BCUT2D eigenvalue weighted by atomic mass is 79.9. The fourth-order valence-corrected chi connectivity index (χ4v) is 1.40. The van der Waals surface area contributed by atoms with Gasteiger partial charge in [0.05, 0.1) is 33.0 Å².